The molecular formula is C45H86N4. The highest BCUT2D eigenvalue weighted by Crippen LogP contribution is 2.56. The summed E-state index contributed by atoms with van der Waals surface area (Å²) in [5, 5.41) is 0. The normalized spacial score (nSPS) is 33.2. The first kappa shape index (κ1) is 40.0. The summed E-state index contributed by atoms with van der Waals surface area (Å²) in [5.41, 5.74) is 3.11. The Morgan fingerprint density at radius 1 is 0.347 bits per heavy atom. The monoisotopic (exact) mass is 683 g/mol. The molecule has 4 nitrogen and oxygen atoms in total. The molecule has 0 aromatic heterocycles. The summed E-state index contributed by atoms with van der Waals surface area (Å²) >= 11 is 0. The first-order valence-corrected chi connectivity index (χ1v) is 21.7. The van der Waals surface area contributed by atoms with Gasteiger partial charge in [0, 0.05) is 26.2 Å². The molecule has 8 fully saturated rings. The minimum atomic E-state index is 0.752. The predicted molar refractivity (Wildman–Crippen MR) is 213 cm³/mol. The molecule has 4 saturated carbocycles. The van der Waals surface area contributed by atoms with Gasteiger partial charge in [0.05, 0.1) is 0 Å². The highest BCUT2D eigenvalue weighted by Gasteiger charge is 2.52. The zero-order valence-corrected chi connectivity index (χ0v) is 35.3. The van der Waals surface area contributed by atoms with Crippen molar-refractivity contribution in [3.8, 4) is 0 Å². The second kappa shape index (κ2) is 16.1. The van der Waals surface area contributed by atoms with Gasteiger partial charge >= 0.3 is 0 Å². The molecule has 0 aromatic rings. The molecule has 8 aliphatic rings. The summed E-state index contributed by atoms with van der Waals surface area (Å²) < 4.78 is 0. The van der Waals surface area contributed by atoms with Crippen molar-refractivity contribution in [2.75, 3.05) is 80.5 Å². The third kappa shape index (κ3) is 9.89. The SMILES string of the molecule is CC(C)C1CC2(C1)CN(C)C2.CC(C)C1CC2(CCCN(C)C2)C1.CC(C)C1CC2(CCN(C)C2)C1.CC(C)C1CC2(CCN(C)CC2)C1. The average Bonchev–Trinajstić information content (AvgIpc) is 3.34. The maximum atomic E-state index is 2.53. The maximum Gasteiger partial charge on any atom is 0.00476 e. The number of piperidine rings is 2. The molecule has 0 atom stereocenters. The Kier molecular flexibility index (Phi) is 13.1. The van der Waals surface area contributed by atoms with Gasteiger partial charge in [-0.1, -0.05) is 55.4 Å². The van der Waals surface area contributed by atoms with E-state index in [-0.39, 0.29) is 0 Å². The lowest BCUT2D eigenvalue weighted by atomic mass is 9.55. The van der Waals surface area contributed by atoms with Gasteiger partial charge in [-0.3, -0.25) is 0 Å². The molecule has 8 rings (SSSR count). The quantitative estimate of drug-likeness (QED) is 0.293. The van der Waals surface area contributed by atoms with E-state index in [1.54, 1.807) is 0 Å². The molecule has 49 heavy (non-hydrogen) atoms. The summed E-state index contributed by atoms with van der Waals surface area (Å²) in [6.07, 6.45) is 19.4. The standard InChI is InChI=1S/2C12H23N.C11H21N.C10H19N/c1-10(2)11-8-12(9-11)4-6-13(3)7-5-12;1-10(2)11-7-12(8-11)5-4-6-13(3)9-12;1-9(2)10-6-11(7-10)4-5-12(3)8-11;1-8(2)9-4-10(5-9)6-11(3)7-10/h2*10-11H,4-9H2,1-3H3;9-10H,4-8H2,1-3H3;8-9H,4-7H2,1-3H3. The first-order valence-electron chi connectivity index (χ1n) is 21.7. The van der Waals surface area contributed by atoms with Crippen molar-refractivity contribution < 1.29 is 0 Å². The fourth-order valence-electron chi connectivity index (χ4n) is 12.2. The third-order valence-corrected chi connectivity index (χ3v) is 16.1. The second-order valence-electron chi connectivity index (χ2n) is 22.0. The number of likely N-dealkylation sites (tertiary alicyclic amines) is 4. The second-order valence-corrected chi connectivity index (χ2v) is 22.0. The van der Waals surface area contributed by atoms with E-state index in [1.165, 1.54) is 136 Å². The summed E-state index contributed by atoms with van der Waals surface area (Å²) in [6, 6.07) is 0. The first-order chi connectivity index (χ1) is 23.0. The van der Waals surface area contributed by atoms with E-state index in [4.69, 9.17) is 0 Å². The van der Waals surface area contributed by atoms with Crippen molar-refractivity contribution in [3.05, 3.63) is 0 Å². The summed E-state index contributed by atoms with van der Waals surface area (Å²) in [6.45, 7) is 29.8. The van der Waals surface area contributed by atoms with Crippen molar-refractivity contribution in [3.63, 3.8) is 0 Å². The Labute approximate surface area is 307 Å². The fourth-order valence-corrected chi connectivity index (χ4v) is 12.2. The van der Waals surface area contributed by atoms with Crippen LogP contribution in [0.3, 0.4) is 0 Å². The lowest BCUT2D eigenvalue weighted by molar-refractivity contribution is -0.0940. The molecule has 0 bridgehead atoms. The van der Waals surface area contributed by atoms with E-state index in [1.807, 2.05) is 0 Å². The van der Waals surface area contributed by atoms with Gasteiger partial charge < -0.3 is 19.6 Å². The molecule has 4 aliphatic carbocycles. The Hall–Kier alpha value is -0.160. The molecule has 0 aromatic carbocycles. The molecule has 4 spiro atoms. The smallest absolute Gasteiger partial charge is 0.00476 e. The molecular weight excluding hydrogens is 597 g/mol. The fraction of sp³-hybridized carbons (Fsp3) is 1.00. The molecule has 0 unspecified atom stereocenters. The molecule has 0 radical (unpaired) electrons. The minimum absolute atomic E-state index is 0.752. The molecule has 4 saturated heterocycles. The van der Waals surface area contributed by atoms with Crippen molar-refractivity contribution in [2.45, 2.75) is 139 Å². The molecule has 0 amide bonds. The van der Waals surface area contributed by atoms with Gasteiger partial charge in [0.15, 0.2) is 0 Å². The van der Waals surface area contributed by atoms with E-state index < -0.39 is 0 Å². The van der Waals surface area contributed by atoms with Crippen molar-refractivity contribution in [1.82, 2.24) is 19.6 Å². The molecule has 4 heteroatoms. The Bertz CT molecular complexity index is 989. The van der Waals surface area contributed by atoms with Crippen LogP contribution >= 0.6 is 0 Å². The number of nitrogens with zero attached hydrogens (tertiary/aromatic N) is 4. The van der Waals surface area contributed by atoms with Crippen LogP contribution in [-0.2, 0) is 0 Å². The van der Waals surface area contributed by atoms with E-state index in [9.17, 15) is 0 Å². The van der Waals surface area contributed by atoms with Crippen molar-refractivity contribution >= 4 is 0 Å². The number of hydrogen-bond donors (Lipinski definition) is 0. The van der Waals surface area contributed by atoms with Gasteiger partial charge in [-0.2, -0.15) is 0 Å². The van der Waals surface area contributed by atoms with Gasteiger partial charge in [0.2, 0.25) is 0 Å². The highest BCUT2D eigenvalue weighted by molar-refractivity contribution is 5.04. The summed E-state index contributed by atoms with van der Waals surface area (Å²) in [5.74, 6) is 7.84. The lowest BCUT2D eigenvalue weighted by Crippen LogP contribution is -2.61. The van der Waals surface area contributed by atoms with Gasteiger partial charge in [-0.05, 0) is 207 Å². The van der Waals surface area contributed by atoms with Crippen LogP contribution in [0.15, 0.2) is 0 Å². The molecule has 0 N–H and O–H groups in total. The number of rotatable bonds is 4. The average molecular weight is 683 g/mol. The van der Waals surface area contributed by atoms with Crippen LogP contribution in [0.1, 0.15) is 139 Å². The van der Waals surface area contributed by atoms with E-state index in [0.717, 1.165) is 69.0 Å². The van der Waals surface area contributed by atoms with Crippen LogP contribution in [0.4, 0.5) is 0 Å². The molecule has 4 aliphatic heterocycles. The largest absolute Gasteiger partial charge is 0.306 e. The van der Waals surface area contributed by atoms with Crippen LogP contribution in [0.2, 0.25) is 0 Å². The van der Waals surface area contributed by atoms with Crippen LogP contribution in [-0.4, -0.2) is 100 Å². The van der Waals surface area contributed by atoms with Gasteiger partial charge in [0.1, 0.15) is 0 Å². The zero-order valence-electron chi connectivity index (χ0n) is 35.3. The predicted octanol–water partition coefficient (Wildman–Crippen LogP) is 9.89. The molecule has 286 valence electrons. The van der Waals surface area contributed by atoms with E-state index in [0.29, 0.717) is 0 Å². The minimum Gasteiger partial charge on any atom is -0.306 e. The Morgan fingerprint density at radius 2 is 0.653 bits per heavy atom. The van der Waals surface area contributed by atoms with Gasteiger partial charge in [0.25, 0.3) is 0 Å². The Morgan fingerprint density at radius 3 is 1.02 bits per heavy atom. The topological polar surface area (TPSA) is 13.0 Å². The van der Waals surface area contributed by atoms with E-state index >= 15 is 0 Å². The van der Waals surface area contributed by atoms with Crippen molar-refractivity contribution in [2.24, 2.45) is 69.0 Å². The van der Waals surface area contributed by atoms with E-state index in [2.05, 4.69) is 103 Å². The number of hydrogen-bond acceptors (Lipinski definition) is 4. The lowest BCUT2D eigenvalue weighted by Gasteiger charge is -2.59. The van der Waals surface area contributed by atoms with Crippen LogP contribution in [0.25, 0.3) is 0 Å². The third-order valence-electron chi connectivity index (χ3n) is 16.1. The van der Waals surface area contributed by atoms with Crippen LogP contribution in [0, 0.1) is 69.0 Å². The van der Waals surface area contributed by atoms with Crippen molar-refractivity contribution in [1.29, 1.82) is 0 Å². The maximum absolute atomic E-state index is 2.53. The summed E-state index contributed by atoms with van der Waals surface area (Å²) in [4.78, 5) is 9.95. The van der Waals surface area contributed by atoms with Gasteiger partial charge in [-0.25, -0.2) is 0 Å². The zero-order chi connectivity index (χ0) is 35.8. The highest BCUT2D eigenvalue weighted by atomic mass is 15.2. The Balaban J connectivity index is 0.000000128. The molecule has 4 heterocycles. The summed E-state index contributed by atoms with van der Waals surface area (Å²) in [7, 11) is 9.03. The van der Waals surface area contributed by atoms with Gasteiger partial charge in [-0.15, -0.1) is 0 Å². The van der Waals surface area contributed by atoms with Crippen LogP contribution in [0.5, 0.6) is 0 Å². The van der Waals surface area contributed by atoms with Crippen LogP contribution < -0.4 is 0 Å².